The third kappa shape index (κ3) is 9.33. The number of rotatable bonds is 8. The van der Waals surface area contributed by atoms with Crippen LogP contribution in [0.2, 0.25) is 10.0 Å². The number of anilines is 2. The fourth-order valence-corrected chi connectivity index (χ4v) is 8.45. The second-order valence-electron chi connectivity index (χ2n) is 13.7. The zero-order valence-electron chi connectivity index (χ0n) is 31.4. The van der Waals surface area contributed by atoms with E-state index in [0.717, 1.165) is 0 Å². The van der Waals surface area contributed by atoms with Crippen molar-refractivity contribution < 1.29 is 29.4 Å². The van der Waals surface area contributed by atoms with Gasteiger partial charge in [-0.15, -0.1) is 0 Å². The van der Waals surface area contributed by atoms with Gasteiger partial charge in [0.25, 0.3) is 0 Å². The molecule has 0 unspecified atom stereocenters. The van der Waals surface area contributed by atoms with Crippen LogP contribution in [0.5, 0.6) is 11.5 Å². The molecule has 0 radical (unpaired) electrons. The van der Waals surface area contributed by atoms with Crippen molar-refractivity contribution in [1.29, 1.82) is 0 Å². The SMILES string of the molecule is CC(=O)N1CCN(C(=O)/C=C/c2ccc(Sc3ccc(/C=C/C(=O)N4CCN(C(C)=O)CC4)c(-c4ccc(N)cc4O)c3Cl)c(Cl)c2-c2ccc(N)cc2O)CC1. The van der Waals surface area contributed by atoms with Crippen LogP contribution in [0.1, 0.15) is 25.0 Å². The molecule has 4 amide bonds. The molecule has 2 saturated heterocycles. The standard InChI is InChI=1S/C42H42Cl2N6O6S/c1-25(51)47-15-19-49(20-16-47)37(55)13-5-27-3-11-35(41(43)39(27)31-9-7-29(45)23-33(31)53)57-36-12-4-28(40(42(36)44)32-10-8-30(46)24-34(32)54)6-14-38(56)50-21-17-48(18-22-50)26(2)52/h3-14,23-24,53-54H,15-22,45-46H2,1-2H3/b13-5+,14-6+. The van der Waals surface area contributed by atoms with Crippen molar-refractivity contribution in [2.45, 2.75) is 23.6 Å². The van der Waals surface area contributed by atoms with Gasteiger partial charge in [0.15, 0.2) is 0 Å². The van der Waals surface area contributed by atoms with E-state index in [9.17, 15) is 29.4 Å². The number of carbonyl (C=O) groups excluding carboxylic acids is 4. The Kier molecular flexibility index (Phi) is 12.7. The third-order valence-corrected chi connectivity index (χ3v) is 12.1. The van der Waals surface area contributed by atoms with Gasteiger partial charge in [-0.1, -0.05) is 47.1 Å². The van der Waals surface area contributed by atoms with Crippen LogP contribution in [0.15, 0.2) is 82.6 Å². The highest BCUT2D eigenvalue weighted by atomic mass is 35.5. The highest BCUT2D eigenvalue weighted by Gasteiger charge is 2.24. The fourth-order valence-electron chi connectivity index (χ4n) is 6.78. The van der Waals surface area contributed by atoms with E-state index in [4.69, 9.17) is 34.7 Å². The molecule has 0 aliphatic carbocycles. The Bertz CT molecular complexity index is 2140. The third-order valence-electron chi connectivity index (χ3n) is 9.96. The van der Waals surface area contributed by atoms with Gasteiger partial charge in [0.2, 0.25) is 23.6 Å². The molecule has 0 bridgehead atoms. The van der Waals surface area contributed by atoms with Crippen molar-refractivity contribution >= 4 is 82.1 Å². The van der Waals surface area contributed by atoms with Crippen molar-refractivity contribution in [3.63, 3.8) is 0 Å². The Balaban J connectivity index is 1.35. The molecule has 2 aliphatic rings. The summed E-state index contributed by atoms with van der Waals surface area (Å²) in [4.78, 5) is 57.8. The van der Waals surface area contributed by atoms with Gasteiger partial charge in [-0.25, -0.2) is 0 Å². The molecule has 4 aromatic rings. The topological polar surface area (TPSA) is 174 Å². The van der Waals surface area contributed by atoms with Crippen molar-refractivity contribution in [1.82, 2.24) is 19.6 Å². The number of amides is 4. The van der Waals surface area contributed by atoms with Gasteiger partial charge in [-0.3, -0.25) is 19.2 Å². The predicted octanol–water partition coefficient (Wildman–Crippen LogP) is 6.46. The lowest BCUT2D eigenvalue weighted by Crippen LogP contribution is -2.49. The van der Waals surface area contributed by atoms with Crippen molar-refractivity contribution in [2.24, 2.45) is 0 Å². The minimum Gasteiger partial charge on any atom is -0.507 e. The molecule has 6 rings (SSSR count). The largest absolute Gasteiger partial charge is 0.507 e. The van der Waals surface area contributed by atoms with E-state index in [1.807, 2.05) is 0 Å². The summed E-state index contributed by atoms with van der Waals surface area (Å²) in [5.74, 6) is -0.723. The Morgan fingerprint density at radius 2 is 0.930 bits per heavy atom. The number of piperazine rings is 2. The molecule has 12 nitrogen and oxygen atoms in total. The van der Waals surface area contributed by atoms with E-state index in [2.05, 4.69) is 0 Å². The smallest absolute Gasteiger partial charge is 0.246 e. The van der Waals surface area contributed by atoms with Crippen LogP contribution in [0.3, 0.4) is 0 Å². The summed E-state index contributed by atoms with van der Waals surface area (Å²) in [5, 5.41) is 22.6. The van der Waals surface area contributed by atoms with Gasteiger partial charge in [-0.05, 0) is 59.7 Å². The number of phenols is 2. The number of nitrogen functional groups attached to an aromatic ring is 2. The first kappa shape index (κ1) is 41.0. The first-order chi connectivity index (χ1) is 27.2. The van der Waals surface area contributed by atoms with E-state index in [0.29, 0.717) is 107 Å². The lowest BCUT2D eigenvalue weighted by Gasteiger charge is -2.33. The zero-order chi connectivity index (χ0) is 41.0. The van der Waals surface area contributed by atoms with E-state index in [1.165, 1.54) is 49.9 Å². The Morgan fingerprint density at radius 1 is 0.579 bits per heavy atom. The number of hydrogen-bond donors (Lipinski definition) is 4. The molecular formula is C42H42Cl2N6O6S. The summed E-state index contributed by atoms with van der Waals surface area (Å²) in [6.45, 7) is 6.47. The fraction of sp³-hybridized carbons (Fsp3) is 0.238. The summed E-state index contributed by atoms with van der Waals surface area (Å²) in [7, 11) is 0. The monoisotopic (exact) mass is 828 g/mol. The predicted molar refractivity (Wildman–Crippen MR) is 226 cm³/mol. The maximum atomic E-state index is 13.2. The lowest BCUT2D eigenvalue weighted by atomic mass is 9.97. The molecule has 296 valence electrons. The number of carbonyl (C=O) groups is 4. The normalized spacial score (nSPS) is 14.8. The second kappa shape index (κ2) is 17.7. The zero-order valence-corrected chi connectivity index (χ0v) is 33.7. The summed E-state index contributed by atoms with van der Waals surface area (Å²) in [6.07, 6.45) is 6.19. The quantitative estimate of drug-likeness (QED) is 0.115. The van der Waals surface area contributed by atoms with Gasteiger partial charge in [0, 0.05) is 134 Å². The number of benzene rings is 4. The number of nitrogens with zero attached hydrogens (tertiary/aromatic N) is 4. The van der Waals surface area contributed by atoms with E-state index in [1.54, 1.807) is 80.3 Å². The average Bonchev–Trinajstić information content (AvgIpc) is 3.18. The summed E-state index contributed by atoms with van der Waals surface area (Å²) in [5.41, 5.74) is 15.5. The summed E-state index contributed by atoms with van der Waals surface area (Å²) >= 11 is 15.6. The van der Waals surface area contributed by atoms with Gasteiger partial charge in [0.05, 0.1) is 10.0 Å². The van der Waals surface area contributed by atoms with Crippen LogP contribution in [-0.2, 0) is 19.2 Å². The van der Waals surface area contributed by atoms with Crippen molar-refractivity contribution in [3.05, 3.63) is 94.0 Å². The maximum absolute atomic E-state index is 13.2. The molecule has 4 aromatic carbocycles. The minimum atomic E-state index is -0.225. The van der Waals surface area contributed by atoms with Crippen LogP contribution in [0.25, 0.3) is 34.4 Å². The summed E-state index contributed by atoms with van der Waals surface area (Å²) in [6, 6.07) is 16.6. The molecule has 2 aliphatic heterocycles. The Morgan fingerprint density at radius 3 is 1.26 bits per heavy atom. The lowest BCUT2D eigenvalue weighted by molar-refractivity contribution is -0.135. The van der Waals surface area contributed by atoms with Crippen molar-refractivity contribution in [3.8, 4) is 33.8 Å². The van der Waals surface area contributed by atoms with Crippen LogP contribution in [0.4, 0.5) is 11.4 Å². The number of halogens is 2. The van der Waals surface area contributed by atoms with Gasteiger partial charge in [0.1, 0.15) is 11.5 Å². The van der Waals surface area contributed by atoms with Crippen molar-refractivity contribution in [2.75, 3.05) is 63.8 Å². The van der Waals surface area contributed by atoms with Crippen LogP contribution in [0, 0.1) is 0 Å². The van der Waals surface area contributed by atoms with Gasteiger partial charge in [-0.2, -0.15) is 0 Å². The van der Waals surface area contributed by atoms with Gasteiger partial charge >= 0.3 is 0 Å². The highest BCUT2D eigenvalue weighted by molar-refractivity contribution is 7.99. The average molecular weight is 830 g/mol. The molecule has 2 fully saturated rings. The molecule has 6 N–H and O–H groups in total. The first-order valence-electron chi connectivity index (χ1n) is 18.2. The first-order valence-corrected chi connectivity index (χ1v) is 19.7. The van der Waals surface area contributed by atoms with E-state index in [-0.39, 0.29) is 45.2 Å². The molecule has 0 spiro atoms. The summed E-state index contributed by atoms with van der Waals surface area (Å²) < 4.78 is 0. The molecular weight excluding hydrogens is 787 g/mol. The number of nitrogens with two attached hydrogens (primary N) is 2. The molecule has 15 heteroatoms. The number of aromatic hydroxyl groups is 2. The van der Waals surface area contributed by atoms with E-state index < -0.39 is 0 Å². The van der Waals surface area contributed by atoms with Crippen LogP contribution < -0.4 is 11.5 Å². The number of phenolic OH excluding ortho intramolecular Hbond substituents is 2. The molecule has 0 aromatic heterocycles. The second-order valence-corrected chi connectivity index (χ2v) is 15.5. The van der Waals surface area contributed by atoms with Crippen LogP contribution in [-0.4, -0.2) is 106 Å². The molecule has 57 heavy (non-hydrogen) atoms. The van der Waals surface area contributed by atoms with E-state index >= 15 is 0 Å². The number of hydrogen-bond acceptors (Lipinski definition) is 9. The Labute approximate surface area is 344 Å². The van der Waals surface area contributed by atoms with Gasteiger partial charge < -0.3 is 41.3 Å². The Hall–Kier alpha value is -5.63. The van der Waals surface area contributed by atoms with Crippen LogP contribution >= 0.6 is 35.0 Å². The minimum absolute atomic E-state index is 0.0309. The molecule has 0 saturated carbocycles. The molecule has 2 heterocycles. The maximum Gasteiger partial charge on any atom is 0.246 e. The highest BCUT2D eigenvalue weighted by Crippen LogP contribution is 2.48. The molecule has 0 atom stereocenters.